The Labute approximate surface area is 205 Å². The summed E-state index contributed by atoms with van der Waals surface area (Å²) in [6.07, 6.45) is 3.99. The third-order valence-corrected chi connectivity index (χ3v) is 5.40. The number of nitrogens with one attached hydrogen (secondary N) is 2. The summed E-state index contributed by atoms with van der Waals surface area (Å²) in [5, 5.41) is 38.0. The number of aliphatic hydroxyl groups is 1. The molecule has 0 fully saturated rings. The van der Waals surface area contributed by atoms with Gasteiger partial charge >= 0.3 is 0 Å². The molecule has 11 heteroatoms. The maximum absolute atomic E-state index is 14.2. The standard InChI is InChI=1S/C25H21FN8O2/c1-25(2,36)23(26)14-31-24(35)19-13-30-21(7-20(19)33-17-5-15(8-27)10-29-12-17)22-4-3-18-6-16(9-28)11-32-34(18)22/h3-7,10-13,23,36H,14H2,1-2H3,(H,30,33)(H,31,35). The van der Waals surface area contributed by atoms with Gasteiger partial charge in [-0.3, -0.25) is 14.8 Å². The first-order chi connectivity index (χ1) is 17.2. The van der Waals surface area contributed by atoms with E-state index in [2.05, 4.69) is 25.7 Å². The molecule has 0 aromatic carbocycles. The predicted octanol–water partition coefficient (Wildman–Crippen LogP) is 3.12. The van der Waals surface area contributed by atoms with Crippen LogP contribution in [0.25, 0.3) is 16.9 Å². The quantitative estimate of drug-likeness (QED) is 0.362. The topological polar surface area (TPSA) is 152 Å². The fraction of sp³-hybridized carbons (Fsp3) is 0.200. The normalized spacial score (nSPS) is 11.9. The highest BCUT2D eigenvalue weighted by Crippen LogP contribution is 2.28. The van der Waals surface area contributed by atoms with Crippen molar-refractivity contribution in [1.29, 1.82) is 10.5 Å². The van der Waals surface area contributed by atoms with Crippen LogP contribution in [-0.2, 0) is 0 Å². The van der Waals surface area contributed by atoms with Crippen molar-refractivity contribution in [2.24, 2.45) is 0 Å². The van der Waals surface area contributed by atoms with Gasteiger partial charge in [-0.05, 0) is 44.2 Å². The van der Waals surface area contributed by atoms with E-state index < -0.39 is 24.2 Å². The third kappa shape index (κ3) is 5.12. The zero-order valence-electron chi connectivity index (χ0n) is 19.4. The van der Waals surface area contributed by atoms with Crippen molar-refractivity contribution >= 4 is 22.8 Å². The van der Waals surface area contributed by atoms with Crippen LogP contribution in [0, 0.1) is 22.7 Å². The summed E-state index contributed by atoms with van der Waals surface area (Å²) in [5.74, 6) is -0.607. The lowest BCUT2D eigenvalue weighted by Gasteiger charge is -2.22. The van der Waals surface area contributed by atoms with E-state index in [0.29, 0.717) is 39.4 Å². The molecule has 4 aromatic heterocycles. The Hall–Kier alpha value is -4.87. The van der Waals surface area contributed by atoms with Gasteiger partial charge in [-0.25, -0.2) is 8.91 Å². The molecule has 1 atom stereocenters. The van der Waals surface area contributed by atoms with Gasteiger partial charge in [0, 0.05) is 12.4 Å². The molecular weight excluding hydrogens is 463 g/mol. The lowest BCUT2D eigenvalue weighted by molar-refractivity contribution is -0.00177. The molecule has 0 saturated heterocycles. The maximum atomic E-state index is 14.2. The maximum Gasteiger partial charge on any atom is 0.255 e. The van der Waals surface area contributed by atoms with E-state index >= 15 is 0 Å². The molecule has 3 N–H and O–H groups in total. The number of hydrogen-bond acceptors (Lipinski definition) is 8. The minimum absolute atomic E-state index is 0.115. The molecule has 180 valence electrons. The smallest absolute Gasteiger partial charge is 0.255 e. The van der Waals surface area contributed by atoms with E-state index in [0.717, 1.165) is 0 Å². The molecule has 4 heterocycles. The summed E-state index contributed by atoms with van der Waals surface area (Å²) in [7, 11) is 0. The zero-order valence-corrected chi connectivity index (χ0v) is 19.4. The van der Waals surface area contributed by atoms with Gasteiger partial charge in [-0.1, -0.05) is 0 Å². The highest BCUT2D eigenvalue weighted by molar-refractivity contribution is 6.00. The molecular formula is C25H21FN8O2. The molecule has 0 radical (unpaired) electrons. The first-order valence-electron chi connectivity index (χ1n) is 10.8. The summed E-state index contributed by atoms with van der Waals surface area (Å²) in [6.45, 7) is 2.24. The fourth-order valence-corrected chi connectivity index (χ4v) is 3.39. The number of aromatic nitrogens is 4. The highest BCUT2D eigenvalue weighted by Gasteiger charge is 2.27. The third-order valence-electron chi connectivity index (χ3n) is 5.40. The monoisotopic (exact) mass is 484 g/mol. The number of fused-ring (bicyclic) bond motifs is 1. The Kier molecular flexibility index (Phi) is 6.59. The zero-order chi connectivity index (χ0) is 25.9. The Morgan fingerprint density at radius 1 is 1.14 bits per heavy atom. The second-order valence-corrected chi connectivity index (χ2v) is 8.56. The van der Waals surface area contributed by atoms with Crippen LogP contribution in [-0.4, -0.2) is 48.9 Å². The van der Waals surface area contributed by atoms with Crippen molar-refractivity contribution in [2.45, 2.75) is 25.6 Å². The van der Waals surface area contributed by atoms with Crippen LogP contribution < -0.4 is 10.6 Å². The lowest BCUT2D eigenvalue weighted by Crippen LogP contribution is -2.42. The highest BCUT2D eigenvalue weighted by atomic mass is 19.1. The van der Waals surface area contributed by atoms with Gasteiger partial charge in [0.2, 0.25) is 0 Å². The molecule has 36 heavy (non-hydrogen) atoms. The SMILES string of the molecule is CC(C)(O)C(F)CNC(=O)c1cnc(-c2ccc3cc(C#N)cnn23)cc1Nc1cncc(C#N)c1. The van der Waals surface area contributed by atoms with Crippen LogP contribution in [0.1, 0.15) is 35.3 Å². The van der Waals surface area contributed by atoms with Crippen LogP contribution in [0.2, 0.25) is 0 Å². The minimum atomic E-state index is -1.68. The van der Waals surface area contributed by atoms with Crippen LogP contribution in [0.4, 0.5) is 15.8 Å². The largest absolute Gasteiger partial charge is 0.387 e. The number of carbonyl (C=O) groups excluding carboxylic acids is 1. The number of rotatable bonds is 7. The number of hydrogen-bond donors (Lipinski definition) is 3. The number of pyridine rings is 2. The van der Waals surface area contributed by atoms with Crippen LogP contribution in [0.3, 0.4) is 0 Å². The number of nitrogens with zero attached hydrogens (tertiary/aromatic N) is 6. The number of halogens is 1. The molecule has 0 aliphatic rings. The van der Waals surface area contributed by atoms with Crippen molar-refractivity contribution in [1.82, 2.24) is 24.9 Å². The molecule has 10 nitrogen and oxygen atoms in total. The molecule has 0 aliphatic carbocycles. The first kappa shape index (κ1) is 24.3. The number of anilines is 2. The van der Waals surface area contributed by atoms with Gasteiger partial charge < -0.3 is 15.7 Å². The average molecular weight is 484 g/mol. The van der Waals surface area contributed by atoms with Gasteiger partial charge in [0.05, 0.1) is 69.5 Å². The van der Waals surface area contributed by atoms with Crippen LogP contribution >= 0.6 is 0 Å². The van der Waals surface area contributed by atoms with Gasteiger partial charge in [0.25, 0.3) is 5.91 Å². The summed E-state index contributed by atoms with van der Waals surface area (Å²) < 4.78 is 15.8. The predicted molar refractivity (Wildman–Crippen MR) is 129 cm³/mol. The second kappa shape index (κ2) is 9.78. The van der Waals surface area contributed by atoms with E-state index in [9.17, 15) is 19.6 Å². The van der Waals surface area contributed by atoms with Crippen molar-refractivity contribution in [2.75, 3.05) is 11.9 Å². The Balaban J connectivity index is 1.73. The minimum Gasteiger partial charge on any atom is -0.387 e. The van der Waals surface area contributed by atoms with Gasteiger partial charge in [0.15, 0.2) is 0 Å². The van der Waals surface area contributed by atoms with Gasteiger partial charge in [-0.15, -0.1) is 0 Å². The number of alkyl halides is 1. The molecule has 4 aromatic rings. The number of nitriles is 2. The fourth-order valence-electron chi connectivity index (χ4n) is 3.39. The van der Waals surface area contributed by atoms with E-state index in [-0.39, 0.29) is 5.56 Å². The Morgan fingerprint density at radius 3 is 2.61 bits per heavy atom. The summed E-state index contributed by atoms with van der Waals surface area (Å²) in [5.41, 5.74) is 1.79. The second-order valence-electron chi connectivity index (χ2n) is 8.56. The molecule has 4 rings (SSSR count). The summed E-state index contributed by atoms with van der Waals surface area (Å²) in [4.78, 5) is 21.4. The van der Waals surface area contributed by atoms with Crippen molar-refractivity contribution in [3.63, 3.8) is 0 Å². The van der Waals surface area contributed by atoms with E-state index in [1.54, 1.807) is 34.8 Å². The molecule has 0 bridgehead atoms. The molecule has 0 saturated carbocycles. The number of carbonyl (C=O) groups is 1. The van der Waals surface area contributed by atoms with Crippen LogP contribution in [0.5, 0.6) is 0 Å². The van der Waals surface area contributed by atoms with Crippen molar-refractivity contribution in [3.8, 4) is 23.5 Å². The van der Waals surface area contributed by atoms with Crippen molar-refractivity contribution in [3.05, 3.63) is 71.8 Å². The first-order valence-corrected chi connectivity index (χ1v) is 10.8. The lowest BCUT2D eigenvalue weighted by atomic mass is 10.0. The van der Waals surface area contributed by atoms with Crippen molar-refractivity contribution < 1.29 is 14.3 Å². The van der Waals surface area contributed by atoms with Crippen LogP contribution in [0.15, 0.2) is 55.1 Å². The number of amides is 1. The Morgan fingerprint density at radius 2 is 1.89 bits per heavy atom. The molecule has 1 amide bonds. The molecule has 0 spiro atoms. The van der Waals surface area contributed by atoms with E-state index in [4.69, 9.17) is 5.26 Å². The van der Waals surface area contributed by atoms with Gasteiger partial charge in [-0.2, -0.15) is 15.6 Å². The molecule has 0 aliphatic heterocycles. The summed E-state index contributed by atoms with van der Waals surface area (Å²) in [6, 6.07) is 12.5. The van der Waals surface area contributed by atoms with E-state index in [1.807, 2.05) is 12.1 Å². The summed E-state index contributed by atoms with van der Waals surface area (Å²) >= 11 is 0. The Bertz CT molecular complexity index is 1530. The average Bonchev–Trinajstić information content (AvgIpc) is 3.29. The molecule has 1 unspecified atom stereocenters. The van der Waals surface area contributed by atoms with E-state index in [1.165, 1.54) is 38.6 Å². The van der Waals surface area contributed by atoms with Gasteiger partial charge in [0.1, 0.15) is 18.3 Å².